The van der Waals surface area contributed by atoms with Crippen molar-refractivity contribution in [2.24, 2.45) is 5.41 Å². The van der Waals surface area contributed by atoms with Crippen molar-refractivity contribution in [3.05, 3.63) is 29.8 Å². The summed E-state index contributed by atoms with van der Waals surface area (Å²) in [5, 5.41) is 0. The molecule has 1 aromatic carbocycles. The maximum atomic E-state index is 13.3. The Hall–Kier alpha value is -2.22. The predicted octanol–water partition coefficient (Wildman–Crippen LogP) is 3.76. The highest BCUT2D eigenvalue weighted by Crippen LogP contribution is 2.50. The molecule has 1 aromatic rings. The van der Waals surface area contributed by atoms with Crippen molar-refractivity contribution in [2.45, 2.75) is 46.6 Å². The molecule has 9 nitrogen and oxygen atoms in total. The summed E-state index contributed by atoms with van der Waals surface area (Å²) in [5.74, 6) is -0.862. The molecular formula is C23H34NO8P. The largest absolute Gasteiger partial charge is 0.497 e. The molecule has 1 saturated carbocycles. The molecule has 1 fully saturated rings. The van der Waals surface area contributed by atoms with E-state index in [4.69, 9.17) is 18.5 Å². The normalized spacial score (nSPS) is 15.4. The SMILES string of the molecule is CCOC(=O)C1(C(=O)CN(C(=O)CP(=O)(OCC)OCC)[C@H](C)c2ccc(OC)cc2)CC1. The van der Waals surface area contributed by atoms with E-state index in [9.17, 15) is 18.9 Å². The van der Waals surface area contributed by atoms with Crippen LogP contribution >= 0.6 is 7.60 Å². The van der Waals surface area contributed by atoms with E-state index >= 15 is 0 Å². The maximum absolute atomic E-state index is 13.3. The van der Waals surface area contributed by atoms with Gasteiger partial charge in [-0.3, -0.25) is 18.9 Å². The average molecular weight is 483 g/mol. The van der Waals surface area contributed by atoms with Gasteiger partial charge in [-0.2, -0.15) is 0 Å². The van der Waals surface area contributed by atoms with Gasteiger partial charge < -0.3 is 23.4 Å². The Labute approximate surface area is 195 Å². The lowest BCUT2D eigenvalue weighted by Gasteiger charge is -2.31. The minimum atomic E-state index is -3.69. The van der Waals surface area contributed by atoms with Gasteiger partial charge in [0.1, 0.15) is 17.3 Å². The van der Waals surface area contributed by atoms with Gasteiger partial charge in [0.05, 0.1) is 39.5 Å². The maximum Gasteiger partial charge on any atom is 0.340 e. The van der Waals surface area contributed by atoms with E-state index in [0.717, 1.165) is 5.56 Å². The van der Waals surface area contributed by atoms with E-state index in [0.29, 0.717) is 18.6 Å². The molecule has 0 aromatic heterocycles. The number of hydrogen-bond donors (Lipinski definition) is 0. The fourth-order valence-electron chi connectivity index (χ4n) is 3.58. The standard InChI is InChI=1S/C23H34NO8P/c1-6-30-22(27)23(13-14-23)20(25)15-24(17(4)18-9-11-19(29-5)12-10-18)21(26)16-33(28,31-7-2)32-8-3/h9-12,17H,6-8,13-16H2,1-5H3/t17-/m1/s1. The minimum absolute atomic E-state index is 0.115. The van der Waals surface area contributed by atoms with Crippen molar-refractivity contribution < 1.29 is 37.5 Å². The Kier molecular flexibility index (Phi) is 9.64. The number of rotatable bonds is 14. The summed E-state index contributed by atoms with van der Waals surface area (Å²) in [4.78, 5) is 40.2. The molecule has 0 bridgehead atoms. The number of Topliss-reactive ketones (excluding diaryl/α,β-unsaturated/α-hetero) is 1. The van der Waals surface area contributed by atoms with Crippen LogP contribution in [0, 0.1) is 5.41 Å². The lowest BCUT2D eigenvalue weighted by atomic mass is 9.99. The van der Waals surface area contributed by atoms with E-state index in [1.165, 1.54) is 4.90 Å². The molecule has 1 aliphatic rings. The molecule has 1 atom stereocenters. The summed E-state index contributed by atoms with van der Waals surface area (Å²) >= 11 is 0. The molecule has 33 heavy (non-hydrogen) atoms. The van der Waals surface area contributed by atoms with Gasteiger partial charge in [-0.05, 0) is 58.2 Å². The number of methoxy groups -OCH3 is 1. The third-order valence-electron chi connectivity index (χ3n) is 5.63. The molecule has 0 N–H and O–H groups in total. The monoisotopic (exact) mass is 483 g/mol. The number of ketones is 1. The molecule has 0 saturated heterocycles. The van der Waals surface area contributed by atoms with Crippen LogP contribution in [0.3, 0.4) is 0 Å². The van der Waals surface area contributed by atoms with Crippen molar-refractivity contribution in [3.63, 3.8) is 0 Å². The molecule has 0 radical (unpaired) electrons. The number of carbonyl (C=O) groups excluding carboxylic acids is 3. The molecule has 2 rings (SSSR count). The Morgan fingerprint density at radius 2 is 1.61 bits per heavy atom. The first kappa shape index (κ1) is 27.0. The smallest absolute Gasteiger partial charge is 0.340 e. The number of carbonyl (C=O) groups is 3. The zero-order valence-corrected chi connectivity index (χ0v) is 20.9. The second-order valence-corrected chi connectivity index (χ2v) is 9.86. The van der Waals surface area contributed by atoms with Crippen molar-refractivity contribution in [2.75, 3.05) is 39.6 Å². The van der Waals surface area contributed by atoms with Gasteiger partial charge in [-0.25, -0.2) is 0 Å². The number of esters is 1. The summed E-state index contributed by atoms with van der Waals surface area (Å²) in [5.41, 5.74) is -0.460. The van der Waals surface area contributed by atoms with Crippen molar-refractivity contribution in [1.29, 1.82) is 0 Å². The van der Waals surface area contributed by atoms with Crippen LogP contribution in [-0.4, -0.2) is 62.2 Å². The molecule has 0 aliphatic heterocycles. The molecule has 0 unspecified atom stereocenters. The second kappa shape index (κ2) is 11.8. The van der Waals surface area contributed by atoms with Gasteiger partial charge in [0.25, 0.3) is 0 Å². The lowest BCUT2D eigenvalue weighted by Crippen LogP contribution is -2.43. The summed E-state index contributed by atoms with van der Waals surface area (Å²) in [7, 11) is -2.13. The third kappa shape index (κ3) is 6.65. The number of hydrogen-bond acceptors (Lipinski definition) is 8. The van der Waals surface area contributed by atoms with E-state index in [1.54, 1.807) is 59.1 Å². The van der Waals surface area contributed by atoms with Crippen LogP contribution in [0.25, 0.3) is 0 Å². The summed E-state index contributed by atoms with van der Waals surface area (Å²) < 4.78 is 33.8. The summed E-state index contributed by atoms with van der Waals surface area (Å²) in [6.45, 7) is 6.85. The van der Waals surface area contributed by atoms with Crippen molar-refractivity contribution in [1.82, 2.24) is 4.90 Å². The van der Waals surface area contributed by atoms with E-state index in [2.05, 4.69) is 0 Å². The highest BCUT2D eigenvalue weighted by atomic mass is 31.2. The van der Waals surface area contributed by atoms with Gasteiger partial charge in [0, 0.05) is 0 Å². The lowest BCUT2D eigenvalue weighted by molar-refractivity contribution is -0.155. The summed E-state index contributed by atoms with van der Waals surface area (Å²) in [6, 6.07) is 6.54. The van der Waals surface area contributed by atoms with Crippen LogP contribution in [0.5, 0.6) is 5.75 Å². The van der Waals surface area contributed by atoms with Crippen LogP contribution in [0.4, 0.5) is 0 Å². The Morgan fingerprint density at radius 1 is 1.03 bits per heavy atom. The van der Waals surface area contributed by atoms with E-state index in [1.807, 2.05) is 0 Å². The number of benzene rings is 1. The fraction of sp³-hybridized carbons (Fsp3) is 0.609. The number of nitrogens with zero attached hydrogens (tertiary/aromatic N) is 1. The highest BCUT2D eigenvalue weighted by Gasteiger charge is 2.57. The third-order valence-corrected chi connectivity index (χ3v) is 7.59. The molecule has 0 heterocycles. The van der Waals surface area contributed by atoms with E-state index in [-0.39, 0.29) is 26.4 Å². The minimum Gasteiger partial charge on any atom is -0.497 e. The second-order valence-electron chi connectivity index (χ2n) is 7.80. The van der Waals surface area contributed by atoms with Gasteiger partial charge >= 0.3 is 13.6 Å². The Balaban J connectivity index is 2.32. The zero-order chi connectivity index (χ0) is 24.6. The molecule has 1 aliphatic carbocycles. The highest BCUT2D eigenvalue weighted by molar-refractivity contribution is 7.54. The number of amides is 1. The fourth-order valence-corrected chi connectivity index (χ4v) is 5.14. The first-order valence-corrected chi connectivity index (χ1v) is 12.9. The number of ether oxygens (including phenoxy) is 2. The van der Waals surface area contributed by atoms with Crippen LogP contribution in [0.2, 0.25) is 0 Å². The first-order chi connectivity index (χ1) is 15.7. The molecule has 0 spiro atoms. The van der Waals surface area contributed by atoms with Crippen LogP contribution in [0.1, 0.15) is 52.1 Å². The van der Waals surface area contributed by atoms with Crippen molar-refractivity contribution in [3.8, 4) is 5.75 Å². The van der Waals surface area contributed by atoms with Crippen LogP contribution < -0.4 is 4.74 Å². The van der Waals surface area contributed by atoms with Gasteiger partial charge in [0.2, 0.25) is 5.91 Å². The zero-order valence-electron chi connectivity index (χ0n) is 20.0. The van der Waals surface area contributed by atoms with Gasteiger partial charge in [0.15, 0.2) is 5.78 Å². The Bertz CT molecular complexity index is 871. The summed E-state index contributed by atoms with van der Waals surface area (Å²) in [6.07, 6.45) is 0.273. The van der Waals surface area contributed by atoms with Crippen LogP contribution in [0.15, 0.2) is 24.3 Å². The van der Waals surface area contributed by atoms with Gasteiger partial charge in [-0.1, -0.05) is 12.1 Å². The molecule has 184 valence electrons. The Morgan fingerprint density at radius 3 is 2.06 bits per heavy atom. The molecule has 1 amide bonds. The molecular weight excluding hydrogens is 449 g/mol. The van der Waals surface area contributed by atoms with Gasteiger partial charge in [-0.15, -0.1) is 0 Å². The van der Waals surface area contributed by atoms with E-state index < -0.39 is 42.9 Å². The topological polar surface area (TPSA) is 108 Å². The predicted molar refractivity (Wildman–Crippen MR) is 122 cm³/mol. The quantitative estimate of drug-likeness (QED) is 0.224. The van der Waals surface area contributed by atoms with Crippen LogP contribution in [-0.2, 0) is 32.7 Å². The molecule has 10 heteroatoms. The average Bonchev–Trinajstić information content (AvgIpc) is 3.59. The first-order valence-electron chi connectivity index (χ1n) is 11.2. The van der Waals surface area contributed by atoms with Crippen molar-refractivity contribution >= 4 is 25.3 Å².